The van der Waals surface area contributed by atoms with Crippen molar-refractivity contribution in [3.8, 4) is 0 Å². The first-order valence-electron chi connectivity index (χ1n) is 2.96. The summed E-state index contributed by atoms with van der Waals surface area (Å²) in [5, 5.41) is 16.9. The van der Waals surface area contributed by atoms with Crippen LogP contribution in [0.15, 0.2) is 24.0 Å². The molecule has 0 aromatic heterocycles. The number of methoxy groups -OCH3 is 1. The van der Waals surface area contributed by atoms with E-state index < -0.39 is 17.7 Å². The molecule has 0 saturated carbocycles. The van der Waals surface area contributed by atoms with Gasteiger partial charge in [0.1, 0.15) is 5.76 Å². The van der Waals surface area contributed by atoms with Gasteiger partial charge in [0.2, 0.25) is 0 Å². The maximum absolute atomic E-state index is 10.4. The van der Waals surface area contributed by atoms with E-state index in [1.807, 2.05) is 0 Å². The van der Waals surface area contributed by atoms with Crippen molar-refractivity contribution in [3.05, 3.63) is 24.0 Å². The lowest BCUT2D eigenvalue weighted by atomic mass is 10.4. The molecular weight excluding hydrogens is 164 g/mol. The van der Waals surface area contributed by atoms with Gasteiger partial charge in [-0.05, 0) is 6.08 Å². The van der Waals surface area contributed by atoms with Gasteiger partial charge in [0, 0.05) is 6.08 Å². The average Bonchev–Trinajstić information content (AvgIpc) is 2.00. The van der Waals surface area contributed by atoms with E-state index in [2.05, 4.69) is 4.74 Å². The molecule has 0 saturated heterocycles. The Morgan fingerprint density at radius 2 is 1.83 bits per heavy atom. The van der Waals surface area contributed by atoms with Crippen molar-refractivity contribution in [2.75, 3.05) is 7.11 Å². The number of carboxylic acids is 1. The van der Waals surface area contributed by atoms with Gasteiger partial charge in [-0.2, -0.15) is 0 Å². The third-order valence-corrected chi connectivity index (χ3v) is 0.864. The second kappa shape index (κ2) is 4.95. The molecule has 0 spiro atoms. The van der Waals surface area contributed by atoms with E-state index in [0.717, 1.165) is 19.3 Å². The van der Waals surface area contributed by atoms with Crippen LogP contribution in [0.3, 0.4) is 0 Å². The summed E-state index contributed by atoms with van der Waals surface area (Å²) in [6.07, 6.45) is 2.34. The van der Waals surface area contributed by atoms with Gasteiger partial charge in [-0.15, -0.1) is 0 Å². The predicted octanol–water partition coefficient (Wildman–Crippen LogP) is 0.242. The normalized spacial score (nSPS) is 11.6. The van der Waals surface area contributed by atoms with Gasteiger partial charge in [0.25, 0.3) is 0 Å². The molecule has 0 aliphatic heterocycles. The molecule has 12 heavy (non-hydrogen) atoms. The molecule has 0 rings (SSSR count). The molecule has 0 amide bonds. The summed E-state index contributed by atoms with van der Waals surface area (Å²) in [5.41, 5.74) is 0. The highest BCUT2D eigenvalue weighted by Crippen LogP contribution is 1.91. The second-order valence-corrected chi connectivity index (χ2v) is 1.76. The summed E-state index contributed by atoms with van der Waals surface area (Å²) >= 11 is 0. The monoisotopic (exact) mass is 172 g/mol. The number of allylic oxidation sites excluding steroid dienone is 1. The van der Waals surface area contributed by atoms with E-state index in [4.69, 9.17) is 10.2 Å². The smallest absolute Gasteiger partial charge is 0.334 e. The van der Waals surface area contributed by atoms with Gasteiger partial charge in [0.05, 0.1) is 13.2 Å². The van der Waals surface area contributed by atoms with E-state index >= 15 is 0 Å². The van der Waals surface area contributed by atoms with Crippen LogP contribution in [0, 0.1) is 0 Å². The molecule has 2 N–H and O–H groups in total. The van der Waals surface area contributed by atoms with Gasteiger partial charge in [0.15, 0.2) is 0 Å². The minimum atomic E-state index is -1.21. The van der Waals surface area contributed by atoms with E-state index in [-0.39, 0.29) is 0 Å². The summed E-state index contributed by atoms with van der Waals surface area (Å²) in [6, 6.07) is 0. The van der Waals surface area contributed by atoms with Crippen LogP contribution in [0.4, 0.5) is 0 Å². The molecule has 0 atom stereocenters. The van der Waals surface area contributed by atoms with E-state index in [1.54, 1.807) is 0 Å². The van der Waals surface area contributed by atoms with E-state index in [9.17, 15) is 9.59 Å². The van der Waals surface area contributed by atoms with Gasteiger partial charge < -0.3 is 14.9 Å². The standard InChI is InChI=1S/C7H8O5/c1-12-7(11)4-5(8)2-3-6(9)10/h2-4,8H,1H3,(H,9,10)/b3-2-,5-4+. The highest BCUT2D eigenvalue weighted by Gasteiger charge is 1.95. The zero-order valence-corrected chi connectivity index (χ0v) is 6.35. The summed E-state index contributed by atoms with van der Waals surface area (Å²) in [5.74, 6) is -2.42. The molecule has 0 aromatic rings. The SMILES string of the molecule is COC(=O)/C=C(O)\C=C/C(=O)O. The number of hydrogen-bond donors (Lipinski definition) is 2. The molecule has 0 heterocycles. The summed E-state index contributed by atoms with van der Waals surface area (Å²) in [7, 11) is 1.15. The quantitative estimate of drug-likeness (QED) is 0.276. The molecule has 5 heteroatoms. The molecule has 0 bridgehead atoms. The number of carboxylic acid groups (broad SMARTS) is 1. The van der Waals surface area contributed by atoms with E-state index in [0.29, 0.717) is 6.08 Å². The van der Waals surface area contributed by atoms with E-state index in [1.165, 1.54) is 0 Å². The van der Waals surface area contributed by atoms with Crippen LogP contribution in [0.25, 0.3) is 0 Å². The number of esters is 1. The van der Waals surface area contributed by atoms with Crippen LogP contribution in [0.1, 0.15) is 0 Å². The lowest BCUT2D eigenvalue weighted by molar-refractivity contribution is -0.135. The van der Waals surface area contributed by atoms with Crippen molar-refractivity contribution in [3.63, 3.8) is 0 Å². The number of hydrogen-bond acceptors (Lipinski definition) is 4. The van der Waals surface area contributed by atoms with Crippen LogP contribution in [-0.4, -0.2) is 29.3 Å². The number of aliphatic hydroxyl groups excluding tert-OH is 1. The third kappa shape index (κ3) is 5.04. The Kier molecular flexibility index (Phi) is 4.21. The molecule has 0 fully saturated rings. The molecule has 66 valence electrons. The number of carbonyl (C=O) groups is 2. The Labute approximate surface area is 68.6 Å². The lowest BCUT2D eigenvalue weighted by Crippen LogP contribution is -1.96. The van der Waals surface area contributed by atoms with Gasteiger partial charge in [-0.3, -0.25) is 0 Å². The Bertz CT molecular complexity index is 238. The van der Waals surface area contributed by atoms with Crippen LogP contribution in [-0.2, 0) is 14.3 Å². The number of aliphatic hydroxyl groups is 1. The van der Waals surface area contributed by atoms with Gasteiger partial charge in [-0.25, -0.2) is 9.59 Å². The number of rotatable bonds is 3. The predicted molar refractivity (Wildman–Crippen MR) is 39.5 cm³/mol. The fourth-order valence-electron chi connectivity index (χ4n) is 0.384. The Hall–Kier alpha value is -1.78. The largest absolute Gasteiger partial charge is 0.508 e. The molecular formula is C7H8O5. The summed E-state index contributed by atoms with van der Waals surface area (Å²) < 4.78 is 4.17. The van der Waals surface area contributed by atoms with Gasteiger partial charge in [-0.1, -0.05) is 0 Å². The summed E-state index contributed by atoms with van der Waals surface area (Å²) in [6.45, 7) is 0. The maximum atomic E-state index is 10.4. The van der Waals surface area contributed by atoms with Crippen molar-refractivity contribution >= 4 is 11.9 Å². The number of aliphatic carboxylic acids is 1. The Morgan fingerprint density at radius 3 is 2.25 bits per heavy atom. The Balaban J connectivity index is 4.20. The van der Waals surface area contributed by atoms with Crippen molar-refractivity contribution in [2.45, 2.75) is 0 Å². The highest BCUT2D eigenvalue weighted by atomic mass is 16.5. The van der Waals surface area contributed by atoms with Crippen LogP contribution in [0.2, 0.25) is 0 Å². The fourth-order valence-corrected chi connectivity index (χ4v) is 0.384. The first kappa shape index (κ1) is 10.2. The fraction of sp³-hybridized carbons (Fsp3) is 0.143. The molecule has 5 nitrogen and oxygen atoms in total. The zero-order valence-electron chi connectivity index (χ0n) is 6.35. The highest BCUT2D eigenvalue weighted by molar-refractivity contribution is 5.84. The van der Waals surface area contributed by atoms with Gasteiger partial charge >= 0.3 is 11.9 Å². The van der Waals surface area contributed by atoms with Crippen molar-refractivity contribution in [1.29, 1.82) is 0 Å². The first-order valence-corrected chi connectivity index (χ1v) is 2.96. The summed E-state index contributed by atoms with van der Waals surface area (Å²) in [4.78, 5) is 20.3. The second-order valence-electron chi connectivity index (χ2n) is 1.76. The Morgan fingerprint density at radius 1 is 1.25 bits per heavy atom. The van der Waals surface area contributed by atoms with Crippen LogP contribution < -0.4 is 0 Å². The molecule has 0 aliphatic carbocycles. The van der Waals surface area contributed by atoms with Crippen LogP contribution >= 0.6 is 0 Å². The topological polar surface area (TPSA) is 83.8 Å². The molecule has 0 aliphatic rings. The molecule has 0 radical (unpaired) electrons. The van der Waals surface area contributed by atoms with Crippen molar-refractivity contribution in [1.82, 2.24) is 0 Å². The molecule has 0 unspecified atom stereocenters. The zero-order chi connectivity index (χ0) is 9.56. The molecule has 0 aromatic carbocycles. The average molecular weight is 172 g/mol. The number of ether oxygens (including phenoxy) is 1. The third-order valence-electron chi connectivity index (χ3n) is 0.864. The first-order chi connectivity index (χ1) is 5.56. The lowest BCUT2D eigenvalue weighted by Gasteiger charge is -1.90. The minimum Gasteiger partial charge on any atom is -0.508 e. The number of carbonyl (C=O) groups excluding carboxylic acids is 1. The maximum Gasteiger partial charge on any atom is 0.334 e. The van der Waals surface area contributed by atoms with Crippen LogP contribution in [0.5, 0.6) is 0 Å². The van der Waals surface area contributed by atoms with Crippen molar-refractivity contribution in [2.24, 2.45) is 0 Å². The minimum absolute atomic E-state index is 0.468. The van der Waals surface area contributed by atoms with Crippen molar-refractivity contribution < 1.29 is 24.5 Å².